The van der Waals surface area contributed by atoms with Gasteiger partial charge in [0.1, 0.15) is 18.0 Å². The van der Waals surface area contributed by atoms with Crippen molar-refractivity contribution in [2.24, 2.45) is 0 Å². The number of amides is 3. The topological polar surface area (TPSA) is 189 Å². The lowest BCUT2D eigenvalue weighted by molar-refractivity contribution is -0.172. The fraction of sp³-hybridized carbons (Fsp3) is 0.471. The van der Waals surface area contributed by atoms with E-state index in [2.05, 4.69) is 10.6 Å². The number of pyridine rings is 2. The number of fused-ring (bicyclic) bond motifs is 5. The Bertz CT molecular complexity index is 2000. The molecule has 0 spiro atoms. The highest BCUT2D eigenvalue weighted by atomic mass is 19.1. The van der Waals surface area contributed by atoms with E-state index in [0.717, 1.165) is 0 Å². The van der Waals surface area contributed by atoms with Crippen LogP contribution in [-0.2, 0) is 44.2 Å². The van der Waals surface area contributed by atoms with Gasteiger partial charge in [0, 0.05) is 35.7 Å². The number of carbonyl (C=O) groups excluding carboxylic acids is 3. The van der Waals surface area contributed by atoms with E-state index < -0.39 is 52.7 Å². The highest BCUT2D eigenvalue weighted by Crippen LogP contribution is 2.47. The normalized spacial score (nSPS) is 19.0. The number of alkyl carbamates (subject to hydrolysis) is 1. The first-order chi connectivity index (χ1) is 23.1. The number of carbonyl (C=O) groups is 4. The van der Waals surface area contributed by atoms with Crippen LogP contribution >= 0.6 is 0 Å². The highest BCUT2D eigenvalue weighted by molar-refractivity contribution is 5.93. The molecule has 15 heteroatoms. The minimum atomic E-state index is -2.04. The van der Waals surface area contributed by atoms with Crippen molar-refractivity contribution in [2.75, 3.05) is 19.6 Å². The van der Waals surface area contributed by atoms with Gasteiger partial charge in [0.25, 0.3) is 5.56 Å². The molecule has 0 fully saturated rings. The number of aliphatic hydroxyl groups is 1. The van der Waals surface area contributed by atoms with Crippen LogP contribution in [0, 0.1) is 12.7 Å². The number of carboxylic acid groups (broad SMARTS) is 1. The maximum absolute atomic E-state index is 15.2. The summed E-state index contributed by atoms with van der Waals surface area (Å²) in [6, 6.07) is 2.10. The molecular weight excluding hydrogens is 641 g/mol. The Morgan fingerprint density at radius 1 is 1.18 bits per heavy atom. The molecule has 2 aromatic heterocycles. The second-order valence-electron chi connectivity index (χ2n) is 13.5. The van der Waals surface area contributed by atoms with Crippen molar-refractivity contribution in [1.82, 2.24) is 25.1 Å². The number of hydrogen-bond acceptors (Lipinski definition) is 9. The third-order valence-corrected chi connectivity index (χ3v) is 9.44. The molecule has 4 heterocycles. The van der Waals surface area contributed by atoms with Gasteiger partial charge in [-0.05, 0) is 69.7 Å². The van der Waals surface area contributed by atoms with Crippen LogP contribution in [0.3, 0.4) is 0 Å². The van der Waals surface area contributed by atoms with E-state index in [-0.39, 0.29) is 55.9 Å². The number of aromatic nitrogens is 2. The molecule has 4 N–H and O–H groups in total. The average molecular weight is 680 g/mol. The number of halogens is 1. The molecule has 14 nitrogen and oxygen atoms in total. The lowest BCUT2D eigenvalue weighted by Gasteiger charge is -2.35. The van der Waals surface area contributed by atoms with Crippen LogP contribution in [0.1, 0.15) is 80.0 Å². The minimum Gasteiger partial charge on any atom is -0.465 e. The second kappa shape index (κ2) is 12.1. The zero-order valence-electron chi connectivity index (χ0n) is 27.9. The predicted octanol–water partition coefficient (Wildman–Crippen LogP) is 3.14. The number of esters is 1. The molecule has 260 valence electrons. The summed E-state index contributed by atoms with van der Waals surface area (Å²) < 4.78 is 27.0. The van der Waals surface area contributed by atoms with Crippen molar-refractivity contribution in [1.29, 1.82) is 0 Å². The van der Waals surface area contributed by atoms with E-state index in [1.54, 1.807) is 40.7 Å². The highest BCUT2D eigenvalue weighted by Gasteiger charge is 2.46. The van der Waals surface area contributed by atoms with Crippen LogP contribution in [0.25, 0.3) is 22.3 Å². The lowest BCUT2D eigenvalue weighted by atomic mass is 9.81. The monoisotopic (exact) mass is 679 g/mol. The lowest BCUT2D eigenvalue weighted by Crippen LogP contribution is -2.44. The van der Waals surface area contributed by atoms with Crippen molar-refractivity contribution in [3.8, 4) is 11.4 Å². The smallest absolute Gasteiger partial charge is 0.408 e. The molecular formula is C34H38FN5O9. The molecule has 0 radical (unpaired) electrons. The van der Waals surface area contributed by atoms with Crippen LogP contribution < -0.4 is 16.2 Å². The molecule has 3 aromatic rings. The molecule has 0 saturated heterocycles. The molecule has 3 amide bonds. The maximum Gasteiger partial charge on any atom is 0.408 e. The second-order valence-corrected chi connectivity index (χ2v) is 13.5. The molecule has 2 aliphatic heterocycles. The number of hydrogen-bond donors (Lipinski definition) is 4. The van der Waals surface area contributed by atoms with E-state index in [4.69, 9.17) is 14.5 Å². The number of benzene rings is 1. The summed E-state index contributed by atoms with van der Waals surface area (Å²) in [7, 11) is 0. The van der Waals surface area contributed by atoms with E-state index in [1.807, 2.05) is 0 Å². The standard InChI is InChI=1S/C34H38FN5O9/c1-6-34(47)20-11-24-28-18(14-40(24)29(42)19(20)15-48-30(34)43)27-23(8-7-17-16(2)21(35)12-22(38-28)26(17)27)39(32(45)46)10-9-36-25(41)13-37-31(44)49-33(3,4)5/h11-12,23,47H,6-10,13-15H2,1-5H3,(H,36,41)(H,37,44)(H,45,46)/t23-,34-/m0/s1. The van der Waals surface area contributed by atoms with Gasteiger partial charge in [-0.15, -0.1) is 0 Å². The van der Waals surface area contributed by atoms with Crippen LogP contribution in [0.2, 0.25) is 0 Å². The number of nitrogens with one attached hydrogen (secondary N) is 2. The number of nitrogens with zero attached hydrogens (tertiary/aromatic N) is 3. The number of aryl methyl sites for hydroxylation is 1. The maximum atomic E-state index is 15.2. The van der Waals surface area contributed by atoms with Gasteiger partial charge in [0.2, 0.25) is 5.91 Å². The first-order valence-corrected chi connectivity index (χ1v) is 16.1. The van der Waals surface area contributed by atoms with Crippen molar-refractivity contribution in [3.63, 3.8) is 0 Å². The summed E-state index contributed by atoms with van der Waals surface area (Å²) in [6.07, 6.45) is -1.40. The van der Waals surface area contributed by atoms with Crippen molar-refractivity contribution in [3.05, 3.63) is 61.7 Å². The van der Waals surface area contributed by atoms with Crippen LogP contribution in [-0.4, -0.2) is 74.0 Å². The predicted molar refractivity (Wildman–Crippen MR) is 172 cm³/mol. The third-order valence-electron chi connectivity index (χ3n) is 9.44. The average Bonchev–Trinajstić information content (AvgIpc) is 3.40. The Kier molecular flexibility index (Phi) is 8.37. The van der Waals surface area contributed by atoms with Crippen molar-refractivity contribution >= 4 is 35.0 Å². The van der Waals surface area contributed by atoms with E-state index >= 15 is 4.39 Å². The number of cyclic esters (lactones) is 1. The summed E-state index contributed by atoms with van der Waals surface area (Å²) in [6.45, 7) is 7.49. The summed E-state index contributed by atoms with van der Waals surface area (Å²) in [4.78, 5) is 69.7. The Morgan fingerprint density at radius 2 is 1.92 bits per heavy atom. The molecule has 6 rings (SSSR count). The van der Waals surface area contributed by atoms with Crippen LogP contribution in [0.4, 0.5) is 14.0 Å². The summed E-state index contributed by atoms with van der Waals surface area (Å²) >= 11 is 0. The third kappa shape index (κ3) is 5.75. The largest absolute Gasteiger partial charge is 0.465 e. The molecule has 0 saturated carbocycles. The van der Waals surface area contributed by atoms with E-state index in [1.165, 1.54) is 15.5 Å². The molecule has 0 bridgehead atoms. The zero-order valence-corrected chi connectivity index (χ0v) is 27.9. The number of rotatable bonds is 7. The first-order valence-electron chi connectivity index (χ1n) is 16.1. The van der Waals surface area contributed by atoms with Gasteiger partial charge >= 0.3 is 18.2 Å². The molecule has 49 heavy (non-hydrogen) atoms. The molecule has 1 aromatic carbocycles. The van der Waals surface area contributed by atoms with Gasteiger partial charge in [0.05, 0.1) is 41.6 Å². The van der Waals surface area contributed by atoms with Crippen molar-refractivity contribution < 1.29 is 43.3 Å². The van der Waals surface area contributed by atoms with Crippen molar-refractivity contribution in [2.45, 2.75) is 84.3 Å². The minimum absolute atomic E-state index is 0.0282. The quantitative estimate of drug-likeness (QED) is 0.211. The van der Waals surface area contributed by atoms with Gasteiger partial charge in [-0.1, -0.05) is 6.92 Å². The van der Waals surface area contributed by atoms with Gasteiger partial charge in [0.15, 0.2) is 5.60 Å². The molecule has 2 atom stereocenters. The fourth-order valence-electron chi connectivity index (χ4n) is 7.07. The van der Waals surface area contributed by atoms with Gasteiger partial charge in [-0.3, -0.25) is 14.5 Å². The summed E-state index contributed by atoms with van der Waals surface area (Å²) in [5.41, 5.74) is 0.220. The Hall–Kier alpha value is -5.05. The summed E-state index contributed by atoms with van der Waals surface area (Å²) in [5, 5.41) is 27.3. The van der Waals surface area contributed by atoms with Gasteiger partial charge in [-0.2, -0.15) is 0 Å². The van der Waals surface area contributed by atoms with E-state index in [0.29, 0.717) is 51.9 Å². The molecule has 0 unspecified atom stereocenters. The Labute approximate surface area is 280 Å². The van der Waals surface area contributed by atoms with Gasteiger partial charge in [-0.25, -0.2) is 23.8 Å². The molecule has 1 aliphatic carbocycles. The Balaban J connectivity index is 1.38. The molecule has 3 aliphatic rings. The van der Waals surface area contributed by atoms with Crippen LogP contribution in [0.15, 0.2) is 16.9 Å². The Morgan fingerprint density at radius 3 is 2.59 bits per heavy atom. The van der Waals surface area contributed by atoms with Gasteiger partial charge < -0.3 is 34.9 Å². The number of ether oxygens (including phenoxy) is 2. The van der Waals surface area contributed by atoms with Crippen LogP contribution in [0.5, 0.6) is 0 Å². The SMILES string of the molecule is CC[C@@]1(O)C(=O)OCc2c1cc1n(c2=O)Cc2c-1nc1cc(F)c(C)c3c1c2[C@@H](N(CCNC(=O)CNC(=O)OC(C)(C)C)C(=O)O)CC3. The fourth-order valence-corrected chi connectivity index (χ4v) is 7.07. The van der Waals surface area contributed by atoms with E-state index in [9.17, 15) is 34.2 Å². The summed E-state index contributed by atoms with van der Waals surface area (Å²) in [5.74, 6) is -1.88. The zero-order chi connectivity index (χ0) is 35.6. The first kappa shape index (κ1) is 33.8.